The molecule has 2 N–H and O–H groups in total. The summed E-state index contributed by atoms with van der Waals surface area (Å²) in [7, 11) is 0. The third-order valence-electron chi connectivity index (χ3n) is 2.39. The zero-order chi connectivity index (χ0) is 17.6. The summed E-state index contributed by atoms with van der Waals surface area (Å²) in [5.74, 6) is -2.05. The first kappa shape index (κ1) is 18.6. The number of rotatable bonds is 4. The van der Waals surface area contributed by atoms with Crippen LogP contribution >= 0.6 is 11.6 Å². The summed E-state index contributed by atoms with van der Waals surface area (Å²) in [5.41, 5.74) is -0.891. The third kappa shape index (κ3) is 6.92. The molecule has 0 spiro atoms. The highest BCUT2D eigenvalue weighted by Crippen LogP contribution is 2.16. The van der Waals surface area contributed by atoms with Crippen LogP contribution in [0.5, 0.6) is 0 Å². The minimum Gasteiger partial charge on any atom is -0.509 e. The third-order valence-corrected chi connectivity index (χ3v) is 2.64. The van der Waals surface area contributed by atoms with Crippen LogP contribution in [0.1, 0.15) is 26.3 Å². The van der Waals surface area contributed by atoms with E-state index in [-0.39, 0.29) is 6.42 Å². The Morgan fingerprint density at radius 3 is 2.17 bits per heavy atom. The first-order valence-corrected chi connectivity index (χ1v) is 7.01. The van der Waals surface area contributed by atoms with E-state index >= 15 is 0 Å². The highest BCUT2D eigenvalue weighted by Gasteiger charge is 2.18. The molecule has 0 aliphatic heterocycles. The van der Waals surface area contributed by atoms with Gasteiger partial charge in [-0.2, -0.15) is 0 Å². The second-order valence-corrected chi connectivity index (χ2v) is 6.02. The van der Waals surface area contributed by atoms with Crippen LogP contribution in [0.2, 0.25) is 5.02 Å². The maximum atomic E-state index is 11.4. The number of halogens is 1. The molecule has 0 bridgehead atoms. The standard InChI is InChI=1S/C15H17ClN2O5/c1-15(2,3)23-14(22)18-17-12(13(20)21)11(19)8-9-4-6-10(16)7-5-9/h4-7,19H,8H2,1-3H3,(H,20,21). The van der Waals surface area contributed by atoms with Gasteiger partial charge in [0.2, 0.25) is 5.70 Å². The minimum atomic E-state index is -1.51. The van der Waals surface area contributed by atoms with Crippen LogP contribution in [0.15, 0.2) is 46.0 Å². The van der Waals surface area contributed by atoms with Crippen LogP contribution in [0, 0.1) is 0 Å². The van der Waals surface area contributed by atoms with Gasteiger partial charge in [0.25, 0.3) is 0 Å². The van der Waals surface area contributed by atoms with Gasteiger partial charge in [0.15, 0.2) is 0 Å². The van der Waals surface area contributed by atoms with E-state index in [0.29, 0.717) is 10.6 Å². The lowest BCUT2D eigenvalue weighted by Crippen LogP contribution is -2.21. The second kappa shape index (κ2) is 7.73. The molecule has 7 nitrogen and oxygen atoms in total. The second-order valence-electron chi connectivity index (χ2n) is 5.58. The van der Waals surface area contributed by atoms with Crippen LogP contribution in [-0.2, 0) is 16.0 Å². The van der Waals surface area contributed by atoms with Gasteiger partial charge in [-0.3, -0.25) is 0 Å². The Labute approximate surface area is 138 Å². The molecule has 0 saturated heterocycles. The highest BCUT2D eigenvalue weighted by molar-refractivity contribution is 6.30. The number of aliphatic hydroxyl groups is 1. The van der Waals surface area contributed by atoms with Gasteiger partial charge in [0, 0.05) is 11.4 Å². The fourth-order valence-electron chi connectivity index (χ4n) is 1.48. The van der Waals surface area contributed by atoms with Crippen molar-refractivity contribution in [1.29, 1.82) is 0 Å². The largest absolute Gasteiger partial charge is 0.509 e. The lowest BCUT2D eigenvalue weighted by atomic mass is 10.1. The first-order chi connectivity index (χ1) is 10.6. The van der Waals surface area contributed by atoms with Gasteiger partial charge >= 0.3 is 12.1 Å². The van der Waals surface area contributed by atoms with E-state index in [4.69, 9.17) is 21.4 Å². The molecule has 124 valence electrons. The monoisotopic (exact) mass is 340 g/mol. The van der Waals surface area contributed by atoms with Gasteiger partial charge in [-0.05, 0) is 38.5 Å². The number of azo groups is 1. The molecular formula is C15H17ClN2O5. The van der Waals surface area contributed by atoms with E-state index < -0.39 is 29.1 Å². The average molecular weight is 341 g/mol. The van der Waals surface area contributed by atoms with Gasteiger partial charge in [0.05, 0.1) is 0 Å². The van der Waals surface area contributed by atoms with Gasteiger partial charge in [-0.25, -0.2) is 9.59 Å². The number of hydrogen-bond donors (Lipinski definition) is 2. The SMILES string of the molecule is CC(C)(C)OC(=O)N=NC(C(=O)O)=C(O)Cc1ccc(Cl)cc1. The number of amides is 1. The van der Waals surface area contributed by atoms with Crippen LogP contribution in [0.4, 0.5) is 4.79 Å². The number of benzene rings is 1. The van der Waals surface area contributed by atoms with Gasteiger partial charge in [0.1, 0.15) is 11.4 Å². The quantitative estimate of drug-likeness (QED) is 0.486. The summed E-state index contributed by atoms with van der Waals surface area (Å²) in [6.45, 7) is 4.89. The predicted molar refractivity (Wildman–Crippen MR) is 83.5 cm³/mol. The highest BCUT2D eigenvalue weighted by atomic mass is 35.5. The van der Waals surface area contributed by atoms with Crippen molar-refractivity contribution in [3.8, 4) is 0 Å². The Hall–Kier alpha value is -2.41. The number of aliphatic carboxylic acids is 1. The van der Waals surface area contributed by atoms with Crippen LogP contribution in [0.25, 0.3) is 0 Å². The number of ether oxygens (including phenoxy) is 1. The zero-order valence-electron chi connectivity index (χ0n) is 12.9. The molecular weight excluding hydrogens is 324 g/mol. The van der Waals surface area contributed by atoms with E-state index in [2.05, 4.69) is 10.2 Å². The number of carboxylic acids is 1. The molecule has 0 aromatic heterocycles. The van der Waals surface area contributed by atoms with Crippen molar-refractivity contribution in [2.24, 2.45) is 10.2 Å². The Morgan fingerprint density at radius 2 is 1.70 bits per heavy atom. The lowest BCUT2D eigenvalue weighted by molar-refractivity contribution is -0.132. The van der Waals surface area contributed by atoms with Gasteiger partial charge < -0.3 is 14.9 Å². The molecule has 0 radical (unpaired) electrons. The fourth-order valence-corrected chi connectivity index (χ4v) is 1.60. The summed E-state index contributed by atoms with van der Waals surface area (Å²) in [6, 6.07) is 6.46. The van der Waals surface area contributed by atoms with Crippen molar-refractivity contribution in [3.05, 3.63) is 46.3 Å². The Balaban J connectivity index is 2.93. The zero-order valence-corrected chi connectivity index (χ0v) is 13.7. The number of allylic oxidation sites excluding steroid dienone is 1. The van der Waals surface area contributed by atoms with Crippen molar-refractivity contribution in [2.75, 3.05) is 0 Å². The molecule has 1 aromatic rings. The molecule has 1 rings (SSSR count). The number of nitrogens with zero attached hydrogens (tertiary/aromatic N) is 2. The topological polar surface area (TPSA) is 109 Å². The maximum Gasteiger partial charge on any atom is 0.452 e. The van der Waals surface area contributed by atoms with E-state index in [1.54, 1.807) is 45.0 Å². The molecule has 8 heteroatoms. The lowest BCUT2D eigenvalue weighted by Gasteiger charge is -2.16. The van der Waals surface area contributed by atoms with Crippen molar-refractivity contribution < 1.29 is 24.5 Å². The molecule has 1 aromatic carbocycles. The molecule has 0 unspecified atom stereocenters. The van der Waals surface area contributed by atoms with Crippen LogP contribution < -0.4 is 0 Å². The molecule has 0 aliphatic rings. The van der Waals surface area contributed by atoms with Crippen LogP contribution in [-0.4, -0.2) is 27.9 Å². The summed E-state index contributed by atoms with van der Waals surface area (Å²) in [6.07, 6.45) is -1.14. The smallest absolute Gasteiger partial charge is 0.452 e. The Kier molecular flexibility index (Phi) is 6.27. The first-order valence-electron chi connectivity index (χ1n) is 6.63. The van der Waals surface area contributed by atoms with Crippen LogP contribution in [0.3, 0.4) is 0 Å². The molecule has 0 saturated carbocycles. The minimum absolute atomic E-state index is 0.0911. The van der Waals surface area contributed by atoms with E-state index in [9.17, 15) is 14.7 Å². The summed E-state index contributed by atoms with van der Waals surface area (Å²) in [4.78, 5) is 22.5. The maximum absolute atomic E-state index is 11.4. The predicted octanol–water partition coefficient (Wildman–Crippen LogP) is 4.12. The van der Waals surface area contributed by atoms with Crippen molar-refractivity contribution in [2.45, 2.75) is 32.8 Å². The molecule has 0 atom stereocenters. The normalized spacial score (nSPS) is 12.9. The summed E-state index contributed by atoms with van der Waals surface area (Å²) < 4.78 is 4.87. The van der Waals surface area contributed by atoms with Gasteiger partial charge in [-0.1, -0.05) is 28.8 Å². The van der Waals surface area contributed by atoms with E-state index in [0.717, 1.165) is 0 Å². The fraction of sp³-hybridized carbons (Fsp3) is 0.333. The van der Waals surface area contributed by atoms with E-state index in [1.165, 1.54) is 0 Å². The number of aliphatic hydroxyl groups excluding tert-OH is 1. The van der Waals surface area contributed by atoms with Crippen molar-refractivity contribution >= 4 is 23.7 Å². The summed E-state index contributed by atoms with van der Waals surface area (Å²) in [5, 5.41) is 25.9. The van der Waals surface area contributed by atoms with Crippen molar-refractivity contribution in [1.82, 2.24) is 0 Å². The summed E-state index contributed by atoms with van der Waals surface area (Å²) >= 11 is 5.74. The van der Waals surface area contributed by atoms with Gasteiger partial charge in [-0.15, -0.1) is 5.11 Å². The number of carboxylic acid groups (broad SMARTS) is 1. The Morgan fingerprint density at radius 1 is 1.13 bits per heavy atom. The molecule has 0 aliphatic carbocycles. The molecule has 0 fully saturated rings. The van der Waals surface area contributed by atoms with Crippen molar-refractivity contribution in [3.63, 3.8) is 0 Å². The average Bonchev–Trinajstić information content (AvgIpc) is 2.39. The Bertz CT molecular complexity index is 645. The number of carbonyl (C=O) groups excluding carboxylic acids is 1. The molecule has 23 heavy (non-hydrogen) atoms. The molecule has 0 heterocycles. The number of carbonyl (C=O) groups is 2. The number of hydrogen-bond acceptors (Lipinski definition) is 5. The molecule has 1 amide bonds. The van der Waals surface area contributed by atoms with E-state index in [1.807, 2.05) is 0 Å².